The van der Waals surface area contributed by atoms with Crippen molar-refractivity contribution in [3.8, 4) is 73.2 Å². The first-order valence-electron chi connectivity index (χ1n) is 18.5. The Bertz CT molecular complexity index is 2910. The van der Waals surface area contributed by atoms with E-state index in [2.05, 4.69) is 150 Å². The normalized spacial score (nSPS) is 11.3. The summed E-state index contributed by atoms with van der Waals surface area (Å²) in [5.74, 6) is 1.93. The van der Waals surface area contributed by atoms with E-state index in [0.717, 1.165) is 33.5 Å². The van der Waals surface area contributed by atoms with Gasteiger partial charge in [0.2, 0.25) is 0 Å². The molecule has 2 aromatic heterocycles. The number of fused-ring (bicyclic) bond motifs is 3. The van der Waals surface area contributed by atoms with Crippen LogP contribution < -0.4 is 0 Å². The zero-order valence-electron chi connectivity index (χ0n) is 29.9. The molecule has 0 atom stereocenters. The zero-order chi connectivity index (χ0) is 36.6. The van der Waals surface area contributed by atoms with E-state index in [4.69, 9.17) is 15.0 Å². The SMILES string of the molecule is c1ccc(-c2nc(-c3ccccc3)nc(-c3cccc(-c4cccc(-n5c6ccccc6c6ccc(-c7ccccc7-c7ccccc7)cc65)c4)c3)n2)cc1. The van der Waals surface area contributed by atoms with Crippen molar-refractivity contribution in [1.29, 1.82) is 0 Å². The minimum absolute atomic E-state index is 0.636. The van der Waals surface area contributed by atoms with Gasteiger partial charge in [0.05, 0.1) is 11.0 Å². The Morgan fingerprint density at radius 2 is 0.745 bits per heavy atom. The number of benzene rings is 8. The van der Waals surface area contributed by atoms with Crippen LogP contribution in [-0.4, -0.2) is 19.5 Å². The third-order valence-electron chi connectivity index (χ3n) is 10.3. The molecule has 4 heteroatoms. The Labute approximate surface area is 319 Å². The Kier molecular flexibility index (Phi) is 8.12. The molecule has 0 aliphatic carbocycles. The summed E-state index contributed by atoms with van der Waals surface area (Å²) in [4.78, 5) is 14.9. The van der Waals surface area contributed by atoms with Crippen LogP contribution in [0.5, 0.6) is 0 Å². The van der Waals surface area contributed by atoms with Gasteiger partial charge in [-0.05, 0) is 63.7 Å². The van der Waals surface area contributed by atoms with Crippen molar-refractivity contribution in [2.24, 2.45) is 0 Å². The Morgan fingerprint density at radius 3 is 1.42 bits per heavy atom. The fourth-order valence-electron chi connectivity index (χ4n) is 7.62. The van der Waals surface area contributed by atoms with Gasteiger partial charge in [-0.25, -0.2) is 15.0 Å². The molecule has 0 spiro atoms. The third-order valence-corrected chi connectivity index (χ3v) is 10.3. The Balaban J connectivity index is 1.09. The van der Waals surface area contributed by atoms with Gasteiger partial charge in [0, 0.05) is 33.2 Å². The van der Waals surface area contributed by atoms with E-state index >= 15 is 0 Å². The maximum atomic E-state index is 4.99. The highest BCUT2D eigenvalue weighted by molar-refractivity contribution is 6.10. The molecule has 0 fully saturated rings. The van der Waals surface area contributed by atoms with Gasteiger partial charge in [-0.1, -0.05) is 176 Å². The van der Waals surface area contributed by atoms with Crippen molar-refractivity contribution < 1.29 is 0 Å². The summed E-state index contributed by atoms with van der Waals surface area (Å²) in [6.45, 7) is 0. The summed E-state index contributed by atoms with van der Waals surface area (Å²) < 4.78 is 2.40. The van der Waals surface area contributed by atoms with Crippen LogP contribution in [0.15, 0.2) is 206 Å². The van der Waals surface area contributed by atoms with Gasteiger partial charge in [-0.2, -0.15) is 0 Å². The predicted molar refractivity (Wildman–Crippen MR) is 227 cm³/mol. The van der Waals surface area contributed by atoms with Crippen molar-refractivity contribution in [3.63, 3.8) is 0 Å². The van der Waals surface area contributed by atoms with E-state index in [1.807, 2.05) is 60.7 Å². The summed E-state index contributed by atoms with van der Waals surface area (Å²) >= 11 is 0. The number of hydrogen-bond acceptors (Lipinski definition) is 3. The second kappa shape index (κ2) is 13.8. The maximum absolute atomic E-state index is 4.99. The van der Waals surface area contributed by atoms with Crippen LogP contribution in [0.1, 0.15) is 0 Å². The molecule has 10 rings (SSSR count). The molecule has 2 heterocycles. The van der Waals surface area contributed by atoms with Crippen molar-refractivity contribution >= 4 is 21.8 Å². The lowest BCUT2D eigenvalue weighted by atomic mass is 9.94. The van der Waals surface area contributed by atoms with Crippen LogP contribution in [0.2, 0.25) is 0 Å². The molecule has 0 N–H and O–H groups in total. The van der Waals surface area contributed by atoms with E-state index in [1.54, 1.807) is 0 Å². The predicted octanol–water partition coefficient (Wildman–Crippen LogP) is 13.0. The first kappa shape index (κ1) is 32.2. The maximum Gasteiger partial charge on any atom is 0.164 e. The van der Waals surface area contributed by atoms with Crippen molar-refractivity contribution in [3.05, 3.63) is 206 Å². The summed E-state index contributed by atoms with van der Waals surface area (Å²) in [6, 6.07) is 72.4. The molecule has 0 aliphatic rings. The average molecular weight is 703 g/mol. The number of aromatic nitrogens is 4. The van der Waals surface area contributed by atoms with Crippen molar-refractivity contribution in [1.82, 2.24) is 19.5 Å². The highest BCUT2D eigenvalue weighted by atomic mass is 15.0. The van der Waals surface area contributed by atoms with Gasteiger partial charge >= 0.3 is 0 Å². The molecule has 0 unspecified atom stereocenters. The van der Waals surface area contributed by atoms with E-state index in [0.29, 0.717) is 17.5 Å². The monoisotopic (exact) mass is 702 g/mol. The van der Waals surface area contributed by atoms with Gasteiger partial charge in [0.15, 0.2) is 17.5 Å². The Hall–Kier alpha value is -7.43. The van der Waals surface area contributed by atoms with E-state index in [-0.39, 0.29) is 0 Å². The molecule has 8 aromatic carbocycles. The minimum atomic E-state index is 0.636. The van der Waals surface area contributed by atoms with Crippen LogP contribution in [0, 0.1) is 0 Å². The smallest absolute Gasteiger partial charge is 0.164 e. The number of rotatable bonds is 7. The molecule has 10 aromatic rings. The van der Waals surface area contributed by atoms with E-state index < -0.39 is 0 Å². The van der Waals surface area contributed by atoms with Gasteiger partial charge in [0.25, 0.3) is 0 Å². The van der Waals surface area contributed by atoms with E-state index in [1.165, 1.54) is 44.1 Å². The molecule has 0 saturated heterocycles. The molecule has 0 aliphatic heterocycles. The average Bonchev–Trinajstić information content (AvgIpc) is 3.61. The van der Waals surface area contributed by atoms with Crippen LogP contribution in [0.25, 0.3) is 95.0 Å². The number of nitrogens with zero attached hydrogens (tertiary/aromatic N) is 4. The largest absolute Gasteiger partial charge is 0.309 e. The van der Waals surface area contributed by atoms with Gasteiger partial charge < -0.3 is 4.57 Å². The summed E-state index contributed by atoms with van der Waals surface area (Å²) in [7, 11) is 0. The lowest BCUT2D eigenvalue weighted by Crippen LogP contribution is -2.00. The molecule has 258 valence electrons. The second-order valence-electron chi connectivity index (χ2n) is 13.7. The third kappa shape index (κ3) is 6.06. The summed E-state index contributed by atoms with van der Waals surface area (Å²) in [5, 5.41) is 2.45. The molecule has 4 nitrogen and oxygen atoms in total. The fourth-order valence-corrected chi connectivity index (χ4v) is 7.62. The van der Waals surface area contributed by atoms with Crippen LogP contribution in [-0.2, 0) is 0 Å². The molecule has 0 bridgehead atoms. The topological polar surface area (TPSA) is 43.6 Å². The molecule has 0 amide bonds. The summed E-state index contributed by atoms with van der Waals surface area (Å²) in [6.07, 6.45) is 0. The second-order valence-corrected chi connectivity index (χ2v) is 13.7. The van der Waals surface area contributed by atoms with Crippen molar-refractivity contribution in [2.75, 3.05) is 0 Å². The lowest BCUT2D eigenvalue weighted by molar-refractivity contribution is 1.07. The minimum Gasteiger partial charge on any atom is -0.309 e. The number of hydrogen-bond donors (Lipinski definition) is 0. The standard InChI is InChI=1S/C51H34N4/c1-4-16-35(17-5-1)43-26-10-11-27-44(43)40-30-31-46-45-28-12-13-29-47(45)55(48(46)34-40)42-25-15-23-39(33-42)38-22-14-24-41(32-38)51-53-49(36-18-6-2-7-19-36)52-50(54-51)37-20-8-3-9-21-37/h1-34H. The first-order chi connectivity index (χ1) is 27.3. The molecule has 0 radical (unpaired) electrons. The van der Waals surface area contributed by atoms with Crippen molar-refractivity contribution in [2.45, 2.75) is 0 Å². The van der Waals surface area contributed by atoms with Crippen LogP contribution in [0.3, 0.4) is 0 Å². The first-order valence-corrected chi connectivity index (χ1v) is 18.5. The fraction of sp³-hybridized carbons (Fsp3) is 0. The lowest BCUT2D eigenvalue weighted by Gasteiger charge is -2.13. The zero-order valence-corrected chi connectivity index (χ0v) is 29.9. The highest BCUT2D eigenvalue weighted by Crippen LogP contribution is 2.38. The van der Waals surface area contributed by atoms with E-state index in [9.17, 15) is 0 Å². The molecular formula is C51H34N4. The van der Waals surface area contributed by atoms with Gasteiger partial charge in [-0.15, -0.1) is 0 Å². The molecular weight excluding hydrogens is 669 g/mol. The molecule has 55 heavy (non-hydrogen) atoms. The quantitative estimate of drug-likeness (QED) is 0.166. The van der Waals surface area contributed by atoms with Crippen LogP contribution >= 0.6 is 0 Å². The van der Waals surface area contributed by atoms with Gasteiger partial charge in [0.1, 0.15) is 0 Å². The Morgan fingerprint density at radius 1 is 0.273 bits per heavy atom. The van der Waals surface area contributed by atoms with Gasteiger partial charge in [-0.3, -0.25) is 0 Å². The number of para-hydroxylation sites is 1. The van der Waals surface area contributed by atoms with Crippen LogP contribution in [0.4, 0.5) is 0 Å². The highest BCUT2D eigenvalue weighted by Gasteiger charge is 2.17. The summed E-state index contributed by atoms with van der Waals surface area (Å²) in [5.41, 5.74) is 13.3. The molecule has 0 saturated carbocycles.